The highest BCUT2D eigenvalue weighted by molar-refractivity contribution is 6.35. The van der Waals surface area contributed by atoms with Crippen molar-refractivity contribution in [2.24, 2.45) is 0 Å². The van der Waals surface area contributed by atoms with Gasteiger partial charge in [-0.25, -0.2) is 4.98 Å². The maximum absolute atomic E-state index is 13.2. The lowest BCUT2D eigenvalue weighted by Crippen LogP contribution is -2.30. The molecule has 1 amide bonds. The summed E-state index contributed by atoms with van der Waals surface area (Å²) in [6.45, 7) is 0. The standard InChI is InChI=1S/C18H9ClF6N4O4/c19-14-13(16(30)28-9-5-6-29(31)27-7-9)12(8-26-15(14)17(20,21)22)32-10-1-3-11(4-2-10)33-18(23,24)25/h1-8H,(H,28,30). The van der Waals surface area contributed by atoms with E-state index in [0.717, 1.165) is 42.7 Å². The van der Waals surface area contributed by atoms with E-state index in [2.05, 4.69) is 20.1 Å². The number of hydrogen-bond acceptors (Lipinski definition) is 6. The average Bonchev–Trinajstić information content (AvgIpc) is 2.69. The number of carbonyl (C=O) groups is 1. The van der Waals surface area contributed by atoms with Crippen LogP contribution in [0.25, 0.3) is 0 Å². The molecule has 1 N–H and O–H groups in total. The lowest BCUT2D eigenvalue weighted by Gasteiger charge is -2.16. The van der Waals surface area contributed by atoms with Gasteiger partial charge in [-0.15, -0.1) is 13.2 Å². The van der Waals surface area contributed by atoms with Gasteiger partial charge in [0.15, 0.2) is 11.4 Å². The second-order valence-corrected chi connectivity index (χ2v) is 6.43. The maximum atomic E-state index is 13.2. The van der Waals surface area contributed by atoms with Gasteiger partial charge >= 0.3 is 12.5 Å². The van der Waals surface area contributed by atoms with Gasteiger partial charge in [0, 0.05) is 11.2 Å². The van der Waals surface area contributed by atoms with Gasteiger partial charge in [-0.2, -0.15) is 13.2 Å². The van der Waals surface area contributed by atoms with Gasteiger partial charge < -0.3 is 20.0 Å². The number of nitrogens with zero attached hydrogens (tertiary/aromatic N) is 3. The highest BCUT2D eigenvalue weighted by Crippen LogP contribution is 2.39. The van der Waals surface area contributed by atoms with Crippen LogP contribution in [0.15, 0.2) is 48.9 Å². The van der Waals surface area contributed by atoms with Gasteiger partial charge in [0.2, 0.25) is 6.20 Å². The molecule has 0 unspecified atom stereocenters. The summed E-state index contributed by atoms with van der Waals surface area (Å²) in [5.74, 6) is -2.43. The predicted octanol–water partition coefficient (Wildman–Crippen LogP) is 4.73. The molecule has 2 aromatic heterocycles. The number of aromatic nitrogens is 3. The van der Waals surface area contributed by atoms with Crippen LogP contribution in [0.3, 0.4) is 0 Å². The summed E-state index contributed by atoms with van der Waals surface area (Å²) in [5, 5.41) is 15.4. The fourth-order valence-electron chi connectivity index (χ4n) is 2.41. The number of hydrogen-bond donors (Lipinski definition) is 1. The molecule has 8 nitrogen and oxygen atoms in total. The number of pyridine rings is 1. The molecule has 0 aliphatic carbocycles. The van der Waals surface area contributed by atoms with Crippen molar-refractivity contribution < 1.29 is 45.5 Å². The number of benzene rings is 1. The van der Waals surface area contributed by atoms with Gasteiger partial charge in [-0.05, 0) is 24.3 Å². The first-order valence-corrected chi connectivity index (χ1v) is 8.87. The molecule has 3 rings (SSSR count). The highest BCUT2D eigenvalue weighted by atomic mass is 35.5. The Morgan fingerprint density at radius 1 is 1.03 bits per heavy atom. The van der Waals surface area contributed by atoms with Crippen molar-refractivity contribution in [3.63, 3.8) is 0 Å². The smallest absolute Gasteiger partial charge is 0.573 e. The third-order valence-corrected chi connectivity index (χ3v) is 4.08. The third kappa shape index (κ3) is 6.12. The molecule has 0 atom stereocenters. The van der Waals surface area contributed by atoms with E-state index in [1.807, 2.05) is 0 Å². The minimum Gasteiger partial charge on any atom is -0.594 e. The number of nitrogens with one attached hydrogen (secondary N) is 1. The number of ether oxygens (including phenoxy) is 2. The molecule has 0 spiro atoms. The summed E-state index contributed by atoms with van der Waals surface area (Å²) in [4.78, 5) is 16.0. The number of amides is 1. The largest absolute Gasteiger partial charge is 0.594 e. The van der Waals surface area contributed by atoms with E-state index in [9.17, 15) is 36.3 Å². The maximum Gasteiger partial charge on any atom is 0.573 e. The van der Waals surface area contributed by atoms with E-state index in [-0.39, 0.29) is 16.3 Å². The van der Waals surface area contributed by atoms with Crippen LogP contribution in [0, 0.1) is 5.21 Å². The van der Waals surface area contributed by atoms with E-state index < -0.39 is 46.2 Å². The van der Waals surface area contributed by atoms with Crippen molar-refractivity contribution in [1.82, 2.24) is 10.1 Å². The molecule has 0 saturated heterocycles. The quantitative estimate of drug-likeness (QED) is 0.313. The zero-order valence-corrected chi connectivity index (χ0v) is 16.5. The van der Waals surface area contributed by atoms with Crippen molar-refractivity contribution in [2.45, 2.75) is 12.5 Å². The van der Waals surface area contributed by atoms with Gasteiger partial charge in [-0.3, -0.25) is 4.79 Å². The normalized spacial score (nSPS) is 11.7. The fraction of sp³-hybridized carbons (Fsp3) is 0.111. The van der Waals surface area contributed by atoms with Crippen LogP contribution in [-0.4, -0.2) is 22.4 Å². The molecule has 174 valence electrons. The van der Waals surface area contributed by atoms with E-state index in [1.165, 1.54) is 0 Å². The molecular formula is C18H9ClF6N4O4. The summed E-state index contributed by atoms with van der Waals surface area (Å²) < 4.78 is 85.6. The zero-order valence-electron chi connectivity index (χ0n) is 15.7. The minimum absolute atomic E-state index is 0.0480. The van der Waals surface area contributed by atoms with Gasteiger partial charge in [0.1, 0.15) is 23.3 Å². The summed E-state index contributed by atoms with van der Waals surface area (Å²) in [6, 6.07) is 4.92. The molecule has 0 aliphatic rings. The first-order chi connectivity index (χ1) is 15.3. The van der Waals surface area contributed by atoms with Crippen molar-refractivity contribution in [3.05, 3.63) is 70.4 Å². The molecule has 1 aromatic carbocycles. The Morgan fingerprint density at radius 3 is 2.21 bits per heavy atom. The van der Waals surface area contributed by atoms with Crippen molar-refractivity contribution in [2.75, 3.05) is 5.32 Å². The summed E-state index contributed by atoms with van der Waals surface area (Å²) >= 11 is 5.81. The number of alkyl halides is 6. The molecule has 15 heteroatoms. The monoisotopic (exact) mass is 494 g/mol. The number of rotatable bonds is 5. The van der Waals surface area contributed by atoms with Crippen LogP contribution in [0.1, 0.15) is 16.1 Å². The Balaban J connectivity index is 1.96. The molecule has 0 bridgehead atoms. The molecule has 0 saturated carbocycles. The van der Waals surface area contributed by atoms with Crippen molar-refractivity contribution in [1.29, 1.82) is 0 Å². The first kappa shape index (κ1) is 23.8. The molecule has 0 radical (unpaired) electrons. The molecule has 2 heterocycles. The van der Waals surface area contributed by atoms with Crippen molar-refractivity contribution >= 4 is 23.2 Å². The third-order valence-electron chi connectivity index (χ3n) is 3.72. The average molecular weight is 495 g/mol. The topological polar surface area (TPSA) is 100 Å². The van der Waals surface area contributed by atoms with Gasteiger partial charge in [-0.1, -0.05) is 16.4 Å². The Bertz CT molecular complexity index is 1150. The molecule has 0 fully saturated rings. The Kier molecular flexibility index (Phi) is 6.48. The van der Waals surface area contributed by atoms with Gasteiger partial charge in [0.25, 0.3) is 5.91 Å². The first-order valence-electron chi connectivity index (χ1n) is 8.49. The second-order valence-electron chi connectivity index (χ2n) is 6.05. The Labute approximate surface area is 184 Å². The summed E-state index contributed by atoms with van der Waals surface area (Å²) in [7, 11) is 0. The molecule has 33 heavy (non-hydrogen) atoms. The van der Waals surface area contributed by atoms with Crippen molar-refractivity contribution in [3.8, 4) is 17.2 Å². The molecular weight excluding hydrogens is 486 g/mol. The lowest BCUT2D eigenvalue weighted by molar-refractivity contribution is -0.669. The Morgan fingerprint density at radius 2 is 1.67 bits per heavy atom. The van der Waals surface area contributed by atoms with Crippen LogP contribution < -0.4 is 19.6 Å². The minimum atomic E-state index is -5.01. The predicted molar refractivity (Wildman–Crippen MR) is 98.6 cm³/mol. The Hall–Kier alpha value is -3.81. The van der Waals surface area contributed by atoms with E-state index in [1.54, 1.807) is 0 Å². The SMILES string of the molecule is O=C(Nc1cc[n+]([O-])nc1)c1c(Oc2ccc(OC(F)(F)F)cc2)cnc(C(F)(F)F)c1Cl. The van der Waals surface area contributed by atoms with Crippen LogP contribution in [0.4, 0.5) is 32.0 Å². The van der Waals surface area contributed by atoms with E-state index in [4.69, 9.17) is 16.3 Å². The number of anilines is 1. The van der Waals surface area contributed by atoms with Crippen LogP contribution >= 0.6 is 11.6 Å². The molecule has 3 aromatic rings. The zero-order chi connectivity index (χ0) is 24.4. The van der Waals surface area contributed by atoms with Crippen LogP contribution in [-0.2, 0) is 6.18 Å². The molecule has 0 aliphatic heterocycles. The summed E-state index contributed by atoms with van der Waals surface area (Å²) in [6.07, 6.45) is -7.50. The second kappa shape index (κ2) is 8.97. The fourth-order valence-corrected chi connectivity index (χ4v) is 2.74. The number of carbonyl (C=O) groups excluding carboxylic acids is 1. The summed E-state index contributed by atoms with van der Waals surface area (Å²) in [5.41, 5.74) is -2.39. The number of halogens is 7. The van der Waals surface area contributed by atoms with Gasteiger partial charge in [0.05, 0.1) is 16.9 Å². The van der Waals surface area contributed by atoms with Crippen LogP contribution in [0.2, 0.25) is 5.02 Å². The van der Waals surface area contributed by atoms with E-state index >= 15 is 0 Å². The highest BCUT2D eigenvalue weighted by Gasteiger charge is 2.38. The van der Waals surface area contributed by atoms with Crippen LogP contribution in [0.5, 0.6) is 17.2 Å². The van der Waals surface area contributed by atoms with E-state index in [0.29, 0.717) is 6.20 Å². The lowest BCUT2D eigenvalue weighted by atomic mass is 10.1.